The first kappa shape index (κ1) is 19.3. The van der Waals surface area contributed by atoms with E-state index in [0.29, 0.717) is 4.90 Å². The number of hydrogen-bond acceptors (Lipinski definition) is 3. The quantitative estimate of drug-likeness (QED) is 0.754. The zero-order chi connectivity index (χ0) is 19.2. The van der Waals surface area contributed by atoms with Gasteiger partial charge >= 0.3 is 6.09 Å². The summed E-state index contributed by atoms with van der Waals surface area (Å²) in [6.45, 7) is 6.78. The van der Waals surface area contributed by atoms with Crippen molar-refractivity contribution in [1.82, 2.24) is 4.90 Å². The van der Waals surface area contributed by atoms with E-state index in [2.05, 4.69) is 0 Å². The summed E-state index contributed by atoms with van der Waals surface area (Å²) < 4.78 is 49.1. The number of amides is 2. The number of halogens is 3. The molecule has 0 unspecified atom stereocenters. The first-order valence-electron chi connectivity index (χ1n) is 7.96. The topological polar surface area (TPSA) is 46.6 Å². The van der Waals surface area contributed by atoms with Gasteiger partial charge in [-0.2, -0.15) is 0 Å². The molecule has 0 aromatic heterocycles. The van der Waals surface area contributed by atoms with Crippen LogP contribution in [-0.4, -0.2) is 34.3 Å². The van der Waals surface area contributed by atoms with E-state index in [1.165, 1.54) is 25.1 Å². The van der Waals surface area contributed by atoms with Gasteiger partial charge in [0, 0.05) is 12.0 Å². The van der Waals surface area contributed by atoms with Crippen LogP contribution in [0.4, 0.5) is 18.0 Å². The van der Waals surface area contributed by atoms with Gasteiger partial charge in [0.1, 0.15) is 23.1 Å². The Morgan fingerprint density at radius 2 is 1.84 bits per heavy atom. The molecule has 2 amide bonds. The maximum atomic E-state index is 15.0. The predicted octanol–water partition coefficient (Wildman–Crippen LogP) is 4.27. The summed E-state index contributed by atoms with van der Waals surface area (Å²) in [4.78, 5) is 25.5. The van der Waals surface area contributed by atoms with Crippen LogP contribution in [0.25, 0.3) is 0 Å². The molecule has 7 heteroatoms. The molecular weight excluding hydrogens is 335 g/mol. The van der Waals surface area contributed by atoms with Crippen LogP contribution in [0, 0.1) is 5.82 Å². The van der Waals surface area contributed by atoms with Gasteiger partial charge in [0.15, 0.2) is 5.67 Å². The Morgan fingerprint density at radius 3 is 2.36 bits per heavy atom. The number of carbonyl (C=O) groups is 2. The summed E-state index contributed by atoms with van der Waals surface area (Å²) in [5.41, 5.74) is -5.82. The highest BCUT2D eigenvalue weighted by Crippen LogP contribution is 2.45. The van der Waals surface area contributed by atoms with Crippen LogP contribution in [0.15, 0.2) is 24.3 Å². The largest absolute Gasteiger partial charge is 0.443 e. The Labute approximate surface area is 144 Å². The van der Waals surface area contributed by atoms with Crippen molar-refractivity contribution in [3.63, 3.8) is 0 Å². The molecule has 1 saturated heterocycles. The molecule has 1 aromatic carbocycles. The van der Waals surface area contributed by atoms with Crippen LogP contribution in [0.2, 0.25) is 0 Å². The molecule has 1 fully saturated rings. The molecule has 1 aliphatic rings. The lowest BCUT2D eigenvalue weighted by Crippen LogP contribution is -2.66. The Kier molecular flexibility index (Phi) is 4.65. The molecule has 4 nitrogen and oxygen atoms in total. The van der Waals surface area contributed by atoms with Crippen molar-refractivity contribution in [1.29, 1.82) is 0 Å². The van der Waals surface area contributed by atoms with E-state index in [0.717, 1.165) is 13.0 Å². The SMILES string of the molecule is CC(C)(C)OC(=O)N1C(=O)[C@](C)(F)C[C@H](F)[C@@]1(C)c1ccccc1F. The van der Waals surface area contributed by atoms with Crippen molar-refractivity contribution in [2.45, 2.75) is 64.0 Å². The number of carbonyl (C=O) groups excluding carboxylic acids is 2. The number of imide groups is 1. The van der Waals surface area contributed by atoms with Gasteiger partial charge < -0.3 is 4.74 Å². The average molecular weight is 357 g/mol. The number of likely N-dealkylation sites (tertiary alicyclic amines) is 1. The average Bonchev–Trinajstić information content (AvgIpc) is 2.43. The summed E-state index contributed by atoms with van der Waals surface area (Å²) >= 11 is 0. The van der Waals surface area contributed by atoms with E-state index in [-0.39, 0.29) is 5.56 Å². The molecule has 0 spiro atoms. The Bertz CT molecular complexity index is 699. The summed E-state index contributed by atoms with van der Waals surface area (Å²) in [6.07, 6.45) is -4.00. The molecule has 1 heterocycles. The number of nitrogens with zero attached hydrogens (tertiary/aromatic N) is 1. The molecule has 1 aromatic rings. The number of piperidine rings is 1. The highest BCUT2D eigenvalue weighted by atomic mass is 19.2. The van der Waals surface area contributed by atoms with Gasteiger partial charge in [-0.05, 0) is 40.7 Å². The highest BCUT2D eigenvalue weighted by Gasteiger charge is 2.60. The summed E-state index contributed by atoms with van der Waals surface area (Å²) in [6, 6.07) is 5.22. The van der Waals surface area contributed by atoms with Crippen molar-refractivity contribution in [2.75, 3.05) is 0 Å². The summed E-state index contributed by atoms with van der Waals surface area (Å²) in [7, 11) is 0. The van der Waals surface area contributed by atoms with Crippen LogP contribution in [0.3, 0.4) is 0 Å². The Hall–Kier alpha value is -2.05. The lowest BCUT2D eigenvalue weighted by Gasteiger charge is -2.48. The van der Waals surface area contributed by atoms with E-state index in [1.807, 2.05) is 0 Å². The van der Waals surface area contributed by atoms with Crippen LogP contribution in [0.1, 0.15) is 46.6 Å². The van der Waals surface area contributed by atoms with E-state index in [1.54, 1.807) is 20.8 Å². The molecule has 0 saturated carbocycles. The lowest BCUT2D eigenvalue weighted by atomic mass is 9.76. The normalized spacial score (nSPS) is 30.3. The fourth-order valence-electron chi connectivity index (χ4n) is 2.95. The van der Waals surface area contributed by atoms with Gasteiger partial charge in [-0.25, -0.2) is 22.9 Å². The van der Waals surface area contributed by atoms with Crippen molar-refractivity contribution < 1.29 is 27.5 Å². The third-order valence-electron chi connectivity index (χ3n) is 4.28. The molecule has 138 valence electrons. The second kappa shape index (κ2) is 6.04. The number of rotatable bonds is 1. The zero-order valence-electron chi connectivity index (χ0n) is 14.9. The second-order valence-electron chi connectivity index (χ2n) is 7.62. The first-order valence-corrected chi connectivity index (χ1v) is 7.96. The van der Waals surface area contributed by atoms with Gasteiger partial charge in [0.25, 0.3) is 5.91 Å². The zero-order valence-corrected chi connectivity index (χ0v) is 14.9. The number of hydrogen-bond donors (Lipinski definition) is 0. The predicted molar refractivity (Wildman–Crippen MR) is 85.9 cm³/mol. The van der Waals surface area contributed by atoms with Gasteiger partial charge in [-0.15, -0.1) is 0 Å². The summed E-state index contributed by atoms with van der Waals surface area (Å²) in [5.74, 6) is -2.04. The highest BCUT2D eigenvalue weighted by molar-refractivity contribution is 5.99. The van der Waals surface area contributed by atoms with Gasteiger partial charge in [-0.3, -0.25) is 4.79 Å². The van der Waals surface area contributed by atoms with Gasteiger partial charge in [0.05, 0.1) is 0 Å². The van der Waals surface area contributed by atoms with E-state index >= 15 is 4.39 Å². The Morgan fingerprint density at radius 1 is 1.28 bits per heavy atom. The fourth-order valence-corrected chi connectivity index (χ4v) is 2.95. The minimum absolute atomic E-state index is 0.211. The van der Waals surface area contributed by atoms with Crippen LogP contribution >= 0.6 is 0 Å². The van der Waals surface area contributed by atoms with Crippen molar-refractivity contribution in [2.24, 2.45) is 0 Å². The molecule has 0 aliphatic carbocycles. The number of ether oxygens (including phenoxy) is 1. The van der Waals surface area contributed by atoms with E-state index in [9.17, 15) is 18.4 Å². The number of benzene rings is 1. The molecule has 2 rings (SSSR count). The third kappa shape index (κ3) is 3.37. The molecule has 3 atom stereocenters. The van der Waals surface area contributed by atoms with E-state index in [4.69, 9.17) is 4.74 Å². The van der Waals surface area contributed by atoms with Crippen molar-refractivity contribution >= 4 is 12.0 Å². The molecular formula is C18H22F3NO3. The molecule has 0 N–H and O–H groups in total. The summed E-state index contributed by atoms with van der Waals surface area (Å²) in [5, 5.41) is 0. The number of alkyl halides is 2. The van der Waals surface area contributed by atoms with Crippen LogP contribution in [0.5, 0.6) is 0 Å². The van der Waals surface area contributed by atoms with Crippen LogP contribution in [-0.2, 0) is 15.1 Å². The molecule has 0 radical (unpaired) electrons. The molecule has 0 bridgehead atoms. The van der Waals surface area contributed by atoms with Crippen molar-refractivity contribution in [3.05, 3.63) is 35.6 Å². The lowest BCUT2D eigenvalue weighted by molar-refractivity contribution is -0.163. The minimum atomic E-state index is -2.60. The molecule has 1 aliphatic heterocycles. The first-order chi connectivity index (χ1) is 11.3. The van der Waals surface area contributed by atoms with Gasteiger partial charge in [-0.1, -0.05) is 18.2 Å². The van der Waals surface area contributed by atoms with Gasteiger partial charge in [0.2, 0.25) is 0 Å². The fraction of sp³-hybridized carbons (Fsp3) is 0.556. The van der Waals surface area contributed by atoms with E-state index < -0.39 is 47.2 Å². The third-order valence-corrected chi connectivity index (χ3v) is 4.28. The second-order valence-corrected chi connectivity index (χ2v) is 7.62. The minimum Gasteiger partial charge on any atom is -0.443 e. The maximum absolute atomic E-state index is 15.0. The molecule has 25 heavy (non-hydrogen) atoms. The standard InChI is InChI=1S/C18H22F3NO3/c1-16(2,3)25-15(24)22-14(23)17(4,21)10-13(20)18(22,5)11-8-6-7-9-12(11)19/h6-9,13H,10H2,1-5H3/t13-,17+,18+/m0/s1. The Balaban J connectivity index is 2.63. The smallest absolute Gasteiger partial charge is 0.418 e. The van der Waals surface area contributed by atoms with Crippen molar-refractivity contribution in [3.8, 4) is 0 Å². The monoisotopic (exact) mass is 357 g/mol. The maximum Gasteiger partial charge on any atom is 0.418 e. The van der Waals surface area contributed by atoms with Crippen LogP contribution < -0.4 is 0 Å².